The van der Waals surface area contributed by atoms with Gasteiger partial charge < -0.3 is 9.88 Å². The zero-order chi connectivity index (χ0) is 22.4. The Kier molecular flexibility index (Phi) is 5.33. The molecule has 0 bridgehead atoms. The second-order valence-corrected chi connectivity index (χ2v) is 8.68. The molecule has 0 fully saturated rings. The monoisotopic (exact) mass is 435 g/mol. The molecular formula is C26H27F2N3O. The van der Waals surface area contributed by atoms with E-state index in [2.05, 4.69) is 34.3 Å². The molecule has 1 aromatic heterocycles. The van der Waals surface area contributed by atoms with Crippen molar-refractivity contribution in [3.8, 4) is 0 Å². The number of aromatic amines is 1. The van der Waals surface area contributed by atoms with Gasteiger partial charge in [0.2, 0.25) is 5.91 Å². The quantitative estimate of drug-likeness (QED) is 0.628. The predicted octanol–water partition coefficient (Wildman–Crippen LogP) is 4.75. The number of carbonyl (C=O) groups excluding carboxylic acids is 1. The first-order valence-corrected chi connectivity index (χ1v) is 11.3. The van der Waals surface area contributed by atoms with E-state index < -0.39 is 11.6 Å². The van der Waals surface area contributed by atoms with Crippen molar-refractivity contribution in [3.63, 3.8) is 0 Å². The molecule has 1 aliphatic carbocycles. The lowest BCUT2D eigenvalue weighted by Gasteiger charge is -2.42. The van der Waals surface area contributed by atoms with E-state index in [1.807, 2.05) is 24.8 Å². The summed E-state index contributed by atoms with van der Waals surface area (Å²) in [7, 11) is 0. The molecule has 166 valence electrons. The summed E-state index contributed by atoms with van der Waals surface area (Å²) in [6, 6.07) is 10.4. The molecule has 0 saturated carbocycles. The Morgan fingerprint density at radius 1 is 1.16 bits per heavy atom. The predicted molar refractivity (Wildman–Crippen MR) is 122 cm³/mol. The minimum absolute atomic E-state index is 0.0813. The Labute approximate surface area is 186 Å². The van der Waals surface area contributed by atoms with Gasteiger partial charge in [0.1, 0.15) is 0 Å². The molecule has 6 heteroatoms. The molecule has 4 nitrogen and oxygen atoms in total. The Hall–Kier alpha value is -2.99. The van der Waals surface area contributed by atoms with Gasteiger partial charge in [-0.05, 0) is 60.7 Å². The standard InChI is InChI=1S/C26H27F2N3O/c1-3-30(4-2)26(32)18-11-20-19-6-5-7-23-25(19)17(13-29-23)12-24(20)31(15-18)14-16-8-9-21(27)22(28)10-16/h5-11,13,18,24,29H,3-4,12,14-15H2,1-2H3/t18-,24+/m0/s1. The third-order valence-electron chi connectivity index (χ3n) is 6.89. The summed E-state index contributed by atoms with van der Waals surface area (Å²) < 4.78 is 27.4. The first-order valence-electron chi connectivity index (χ1n) is 11.3. The number of H-pyrrole nitrogens is 1. The molecule has 0 radical (unpaired) electrons. The van der Waals surface area contributed by atoms with E-state index in [-0.39, 0.29) is 17.9 Å². The molecule has 0 spiro atoms. The molecule has 2 aromatic carbocycles. The summed E-state index contributed by atoms with van der Waals surface area (Å²) in [6.45, 7) is 6.33. The normalized spacial score (nSPS) is 20.2. The van der Waals surface area contributed by atoms with Gasteiger partial charge in [0.25, 0.3) is 0 Å². The summed E-state index contributed by atoms with van der Waals surface area (Å²) in [6.07, 6.45) is 5.03. The average Bonchev–Trinajstić information content (AvgIpc) is 3.21. The number of nitrogens with one attached hydrogen (secondary N) is 1. The highest BCUT2D eigenvalue weighted by molar-refractivity contribution is 5.99. The van der Waals surface area contributed by atoms with Crippen LogP contribution in [0.4, 0.5) is 8.78 Å². The van der Waals surface area contributed by atoms with Crippen molar-refractivity contribution in [3.05, 3.63) is 77.0 Å². The van der Waals surface area contributed by atoms with Gasteiger partial charge in [-0.1, -0.05) is 24.3 Å². The van der Waals surface area contributed by atoms with Crippen molar-refractivity contribution in [2.75, 3.05) is 19.6 Å². The Morgan fingerprint density at radius 3 is 2.72 bits per heavy atom. The summed E-state index contributed by atoms with van der Waals surface area (Å²) in [5.41, 5.74) is 5.37. The van der Waals surface area contributed by atoms with Crippen LogP contribution in [0.25, 0.3) is 16.5 Å². The molecule has 2 heterocycles. The maximum Gasteiger partial charge on any atom is 0.230 e. The molecule has 1 aliphatic heterocycles. The highest BCUT2D eigenvalue weighted by atomic mass is 19.2. The molecule has 0 unspecified atom stereocenters. The van der Waals surface area contributed by atoms with Crippen molar-refractivity contribution in [1.82, 2.24) is 14.8 Å². The zero-order valence-corrected chi connectivity index (χ0v) is 18.4. The van der Waals surface area contributed by atoms with Crippen LogP contribution in [0.5, 0.6) is 0 Å². The fourth-order valence-corrected chi connectivity index (χ4v) is 5.30. The summed E-state index contributed by atoms with van der Waals surface area (Å²) >= 11 is 0. The number of aromatic nitrogens is 1. The Balaban J connectivity index is 1.57. The largest absolute Gasteiger partial charge is 0.361 e. The van der Waals surface area contributed by atoms with Gasteiger partial charge in [-0.2, -0.15) is 0 Å². The fourth-order valence-electron chi connectivity index (χ4n) is 5.30. The lowest BCUT2D eigenvalue weighted by molar-refractivity contribution is -0.134. The van der Waals surface area contributed by atoms with Crippen molar-refractivity contribution in [2.45, 2.75) is 32.9 Å². The number of rotatable bonds is 5. The highest BCUT2D eigenvalue weighted by Crippen LogP contribution is 2.42. The second-order valence-electron chi connectivity index (χ2n) is 8.68. The molecule has 2 atom stereocenters. The molecular weight excluding hydrogens is 408 g/mol. The van der Waals surface area contributed by atoms with Gasteiger partial charge in [0, 0.05) is 49.3 Å². The smallest absolute Gasteiger partial charge is 0.230 e. The number of fused-ring (bicyclic) bond motifs is 2. The minimum Gasteiger partial charge on any atom is -0.361 e. The molecule has 1 amide bonds. The Morgan fingerprint density at radius 2 is 1.97 bits per heavy atom. The Bertz CT molecular complexity index is 1210. The third-order valence-corrected chi connectivity index (χ3v) is 6.89. The van der Waals surface area contributed by atoms with Crippen LogP contribution in [0.1, 0.15) is 30.5 Å². The number of hydrogen-bond acceptors (Lipinski definition) is 2. The first-order chi connectivity index (χ1) is 15.5. The van der Waals surface area contributed by atoms with E-state index in [4.69, 9.17) is 0 Å². The molecule has 0 saturated heterocycles. The lowest BCUT2D eigenvalue weighted by atomic mass is 9.79. The third kappa shape index (κ3) is 3.43. The van der Waals surface area contributed by atoms with Gasteiger partial charge in [0.05, 0.1) is 5.92 Å². The maximum atomic E-state index is 13.9. The van der Waals surface area contributed by atoms with Gasteiger partial charge in [-0.25, -0.2) is 8.78 Å². The van der Waals surface area contributed by atoms with Crippen LogP contribution in [-0.2, 0) is 17.8 Å². The second kappa shape index (κ2) is 8.17. The molecule has 32 heavy (non-hydrogen) atoms. The van der Waals surface area contributed by atoms with E-state index in [0.29, 0.717) is 31.7 Å². The van der Waals surface area contributed by atoms with Crippen LogP contribution >= 0.6 is 0 Å². The maximum absolute atomic E-state index is 13.9. The minimum atomic E-state index is -0.844. The van der Waals surface area contributed by atoms with E-state index in [9.17, 15) is 13.6 Å². The van der Waals surface area contributed by atoms with Gasteiger partial charge >= 0.3 is 0 Å². The lowest BCUT2D eigenvalue weighted by Crippen LogP contribution is -2.49. The highest BCUT2D eigenvalue weighted by Gasteiger charge is 2.38. The topological polar surface area (TPSA) is 39.3 Å². The fraction of sp³-hybridized carbons (Fsp3) is 0.346. The van der Waals surface area contributed by atoms with Crippen molar-refractivity contribution < 1.29 is 13.6 Å². The van der Waals surface area contributed by atoms with Crippen LogP contribution < -0.4 is 0 Å². The van der Waals surface area contributed by atoms with Gasteiger partial charge in [0.15, 0.2) is 11.6 Å². The van der Waals surface area contributed by atoms with Crippen LogP contribution in [0, 0.1) is 17.6 Å². The molecule has 5 rings (SSSR count). The van der Waals surface area contributed by atoms with Crippen molar-refractivity contribution >= 4 is 22.4 Å². The van der Waals surface area contributed by atoms with Crippen LogP contribution in [-0.4, -0.2) is 46.4 Å². The van der Waals surface area contributed by atoms with E-state index in [1.54, 1.807) is 6.07 Å². The van der Waals surface area contributed by atoms with Crippen LogP contribution in [0.2, 0.25) is 0 Å². The number of benzene rings is 2. The van der Waals surface area contributed by atoms with E-state index in [1.165, 1.54) is 23.1 Å². The summed E-state index contributed by atoms with van der Waals surface area (Å²) in [5.74, 6) is -1.85. The first kappa shape index (κ1) is 20.9. The zero-order valence-electron chi connectivity index (χ0n) is 18.4. The number of nitrogens with zero attached hydrogens (tertiary/aromatic N) is 2. The SMILES string of the molecule is CCN(CC)C(=O)[C@H]1C=C2c3cccc4[nH]cc(c34)C[C@H]2N(Cc2ccc(F)c(F)c2)C1. The van der Waals surface area contributed by atoms with Crippen molar-refractivity contribution in [2.24, 2.45) is 5.92 Å². The van der Waals surface area contributed by atoms with Crippen molar-refractivity contribution in [1.29, 1.82) is 0 Å². The van der Waals surface area contributed by atoms with E-state index in [0.717, 1.165) is 23.1 Å². The van der Waals surface area contributed by atoms with Gasteiger partial charge in [-0.15, -0.1) is 0 Å². The summed E-state index contributed by atoms with van der Waals surface area (Å²) in [4.78, 5) is 20.8. The van der Waals surface area contributed by atoms with Crippen LogP contribution in [0.15, 0.2) is 48.7 Å². The number of hydrogen-bond donors (Lipinski definition) is 1. The van der Waals surface area contributed by atoms with Crippen LogP contribution in [0.3, 0.4) is 0 Å². The summed E-state index contributed by atoms with van der Waals surface area (Å²) in [5, 5.41) is 1.22. The van der Waals surface area contributed by atoms with E-state index >= 15 is 0 Å². The molecule has 1 N–H and O–H groups in total. The molecule has 2 aliphatic rings. The number of halogens is 2. The number of carbonyl (C=O) groups is 1. The average molecular weight is 436 g/mol. The molecule has 3 aromatic rings. The number of amides is 1. The van der Waals surface area contributed by atoms with Gasteiger partial charge in [-0.3, -0.25) is 9.69 Å².